The summed E-state index contributed by atoms with van der Waals surface area (Å²) in [7, 11) is 0. The highest BCUT2D eigenvalue weighted by Gasteiger charge is 2.14. The summed E-state index contributed by atoms with van der Waals surface area (Å²) in [5.74, 6) is -0.936. The van der Waals surface area contributed by atoms with Crippen LogP contribution in [0.4, 0.5) is 8.78 Å². The van der Waals surface area contributed by atoms with Gasteiger partial charge in [-0.05, 0) is 36.8 Å². The number of aromatic nitrogens is 2. The summed E-state index contributed by atoms with van der Waals surface area (Å²) in [6, 6.07) is 5.77. The summed E-state index contributed by atoms with van der Waals surface area (Å²) in [6.07, 6.45) is 3.19. The van der Waals surface area contributed by atoms with Crippen LogP contribution in [0.2, 0.25) is 5.02 Å². The van der Waals surface area contributed by atoms with Crippen molar-refractivity contribution in [1.82, 2.24) is 9.38 Å². The Bertz CT molecular complexity index is 780. The molecule has 2 aromatic heterocycles. The minimum atomic E-state index is -0.485. The molecule has 19 heavy (non-hydrogen) atoms. The number of aryl methyl sites for hydroxylation is 1. The molecule has 0 atom stereocenters. The van der Waals surface area contributed by atoms with Gasteiger partial charge in [0.25, 0.3) is 0 Å². The van der Waals surface area contributed by atoms with Gasteiger partial charge in [-0.3, -0.25) is 4.40 Å². The third kappa shape index (κ3) is 1.88. The maximum absolute atomic E-state index is 14.0. The van der Waals surface area contributed by atoms with Gasteiger partial charge in [-0.1, -0.05) is 11.6 Å². The van der Waals surface area contributed by atoms with Gasteiger partial charge in [-0.15, -0.1) is 0 Å². The highest BCUT2D eigenvalue weighted by atomic mass is 35.5. The first kappa shape index (κ1) is 12.1. The number of imidazole rings is 1. The number of halogens is 3. The van der Waals surface area contributed by atoms with E-state index in [0.29, 0.717) is 16.4 Å². The Balaban J connectivity index is 2.31. The van der Waals surface area contributed by atoms with Crippen molar-refractivity contribution in [2.24, 2.45) is 0 Å². The van der Waals surface area contributed by atoms with Crippen molar-refractivity contribution in [2.75, 3.05) is 0 Å². The Kier molecular flexibility index (Phi) is 2.75. The van der Waals surface area contributed by atoms with Crippen LogP contribution in [0.25, 0.3) is 16.9 Å². The summed E-state index contributed by atoms with van der Waals surface area (Å²) in [5, 5.41) is 0.460. The lowest BCUT2D eigenvalue weighted by Gasteiger charge is -2.06. The smallest absolute Gasteiger partial charge is 0.156 e. The van der Waals surface area contributed by atoms with E-state index in [1.807, 2.05) is 0 Å². The van der Waals surface area contributed by atoms with E-state index in [2.05, 4.69) is 4.98 Å². The number of rotatable bonds is 1. The SMILES string of the molecule is Cc1cc(F)c(-c2cnc3c(Cl)cccn23)cc1F. The average molecular weight is 279 g/mol. The maximum Gasteiger partial charge on any atom is 0.156 e. The van der Waals surface area contributed by atoms with Crippen LogP contribution in [0.5, 0.6) is 0 Å². The van der Waals surface area contributed by atoms with Crippen molar-refractivity contribution >= 4 is 17.2 Å². The normalized spacial score (nSPS) is 11.2. The van der Waals surface area contributed by atoms with Gasteiger partial charge in [0.1, 0.15) is 11.6 Å². The molecule has 0 aliphatic rings. The molecule has 0 radical (unpaired) electrons. The Morgan fingerprint density at radius 1 is 1.21 bits per heavy atom. The van der Waals surface area contributed by atoms with Gasteiger partial charge in [0.05, 0.1) is 16.9 Å². The average Bonchev–Trinajstić information content (AvgIpc) is 2.79. The predicted molar refractivity (Wildman–Crippen MR) is 70.3 cm³/mol. The molecular weight excluding hydrogens is 270 g/mol. The molecule has 2 nitrogen and oxygen atoms in total. The molecule has 1 aromatic carbocycles. The number of hydrogen-bond donors (Lipinski definition) is 0. The molecule has 0 fully saturated rings. The fourth-order valence-electron chi connectivity index (χ4n) is 2.02. The van der Waals surface area contributed by atoms with Crippen molar-refractivity contribution < 1.29 is 8.78 Å². The second kappa shape index (κ2) is 4.31. The van der Waals surface area contributed by atoms with Gasteiger partial charge in [0.2, 0.25) is 0 Å². The largest absolute Gasteiger partial charge is 0.298 e. The monoisotopic (exact) mass is 278 g/mol. The number of benzene rings is 1. The lowest BCUT2D eigenvalue weighted by molar-refractivity contribution is 0.594. The fourth-order valence-corrected chi connectivity index (χ4v) is 2.23. The number of pyridine rings is 1. The van der Waals surface area contributed by atoms with Crippen LogP contribution in [0, 0.1) is 18.6 Å². The highest BCUT2D eigenvalue weighted by molar-refractivity contribution is 6.33. The first-order chi connectivity index (χ1) is 9.08. The second-order valence-corrected chi connectivity index (χ2v) is 4.68. The Morgan fingerprint density at radius 2 is 2.00 bits per heavy atom. The molecule has 5 heteroatoms. The minimum Gasteiger partial charge on any atom is -0.298 e. The van der Waals surface area contributed by atoms with Crippen LogP contribution in [0.15, 0.2) is 36.7 Å². The van der Waals surface area contributed by atoms with E-state index in [1.54, 1.807) is 22.7 Å². The predicted octanol–water partition coefficient (Wildman–Crippen LogP) is 4.24. The van der Waals surface area contributed by atoms with Crippen LogP contribution in [0.1, 0.15) is 5.56 Å². The van der Waals surface area contributed by atoms with E-state index in [4.69, 9.17) is 11.6 Å². The summed E-state index contributed by atoms with van der Waals surface area (Å²) in [4.78, 5) is 4.13. The summed E-state index contributed by atoms with van der Waals surface area (Å²) < 4.78 is 29.2. The molecule has 0 saturated carbocycles. The Labute approximate surface area is 113 Å². The van der Waals surface area contributed by atoms with Crippen LogP contribution in [-0.2, 0) is 0 Å². The molecule has 96 valence electrons. The van der Waals surface area contributed by atoms with E-state index < -0.39 is 11.6 Å². The second-order valence-electron chi connectivity index (χ2n) is 4.27. The van der Waals surface area contributed by atoms with Gasteiger partial charge < -0.3 is 0 Å². The molecule has 0 aliphatic carbocycles. The molecule has 0 saturated heterocycles. The lowest BCUT2D eigenvalue weighted by atomic mass is 10.1. The molecule has 0 bridgehead atoms. The molecule has 0 N–H and O–H groups in total. The summed E-state index contributed by atoms with van der Waals surface area (Å²) in [6.45, 7) is 1.52. The molecule has 0 spiro atoms. The zero-order chi connectivity index (χ0) is 13.6. The van der Waals surface area contributed by atoms with Crippen molar-refractivity contribution in [3.63, 3.8) is 0 Å². The Hall–Kier alpha value is -1.94. The quantitative estimate of drug-likeness (QED) is 0.651. The molecule has 3 rings (SSSR count). The van der Waals surface area contributed by atoms with Gasteiger partial charge >= 0.3 is 0 Å². The number of fused-ring (bicyclic) bond motifs is 1. The van der Waals surface area contributed by atoms with Crippen molar-refractivity contribution in [1.29, 1.82) is 0 Å². The van der Waals surface area contributed by atoms with Crippen LogP contribution in [0.3, 0.4) is 0 Å². The lowest BCUT2D eigenvalue weighted by Crippen LogP contribution is -1.94. The van der Waals surface area contributed by atoms with Crippen molar-refractivity contribution in [3.8, 4) is 11.3 Å². The van der Waals surface area contributed by atoms with Crippen LogP contribution >= 0.6 is 11.6 Å². The first-order valence-corrected chi connectivity index (χ1v) is 6.03. The van der Waals surface area contributed by atoms with Gasteiger partial charge in [0, 0.05) is 11.8 Å². The zero-order valence-electron chi connectivity index (χ0n) is 9.99. The third-order valence-electron chi connectivity index (χ3n) is 3.01. The Morgan fingerprint density at radius 3 is 2.79 bits per heavy atom. The standard InChI is InChI=1S/C14H9ClF2N2/c1-8-5-12(17)9(6-11(8)16)13-7-18-14-10(15)3-2-4-19(13)14/h2-7H,1H3. The molecule has 0 amide bonds. The van der Waals surface area contributed by atoms with Gasteiger partial charge in [0.15, 0.2) is 5.65 Å². The van der Waals surface area contributed by atoms with Crippen molar-refractivity contribution in [2.45, 2.75) is 6.92 Å². The zero-order valence-corrected chi connectivity index (χ0v) is 10.7. The van der Waals surface area contributed by atoms with E-state index in [1.165, 1.54) is 25.3 Å². The van der Waals surface area contributed by atoms with Crippen LogP contribution < -0.4 is 0 Å². The van der Waals surface area contributed by atoms with Crippen LogP contribution in [-0.4, -0.2) is 9.38 Å². The highest BCUT2D eigenvalue weighted by Crippen LogP contribution is 2.28. The van der Waals surface area contributed by atoms with E-state index >= 15 is 0 Å². The molecule has 2 heterocycles. The third-order valence-corrected chi connectivity index (χ3v) is 3.31. The van der Waals surface area contributed by atoms with E-state index in [9.17, 15) is 8.78 Å². The molecule has 0 unspecified atom stereocenters. The van der Waals surface area contributed by atoms with Gasteiger partial charge in [-0.25, -0.2) is 13.8 Å². The first-order valence-electron chi connectivity index (χ1n) is 5.65. The minimum absolute atomic E-state index is 0.165. The summed E-state index contributed by atoms with van der Waals surface area (Å²) >= 11 is 6.00. The molecular formula is C14H9ClF2N2. The fraction of sp³-hybridized carbons (Fsp3) is 0.0714. The van der Waals surface area contributed by atoms with E-state index in [0.717, 1.165) is 0 Å². The van der Waals surface area contributed by atoms with Crippen molar-refractivity contribution in [3.05, 3.63) is 58.9 Å². The molecule has 3 aromatic rings. The summed E-state index contributed by atoms with van der Waals surface area (Å²) in [5.41, 5.74) is 1.42. The number of nitrogens with zero attached hydrogens (tertiary/aromatic N) is 2. The number of hydrogen-bond acceptors (Lipinski definition) is 1. The topological polar surface area (TPSA) is 17.3 Å². The molecule has 0 aliphatic heterocycles. The van der Waals surface area contributed by atoms with Gasteiger partial charge in [-0.2, -0.15) is 0 Å². The van der Waals surface area contributed by atoms with E-state index in [-0.39, 0.29) is 11.1 Å². The maximum atomic E-state index is 14.0.